The van der Waals surface area contributed by atoms with Crippen LogP contribution in [-0.2, 0) is 33.6 Å². The maximum atomic E-state index is 11.2. The zero-order chi connectivity index (χ0) is 45.0. The highest BCUT2D eigenvalue weighted by atomic mass is 32.2. The van der Waals surface area contributed by atoms with Crippen molar-refractivity contribution in [1.29, 1.82) is 0 Å². The molecule has 59 heavy (non-hydrogen) atoms. The van der Waals surface area contributed by atoms with Crippen molar-refractivity contribution in [2.75, 3.05) is 90.4 Å². The molecule has 0 aromatic carbocycles. The summed E-state index contributed by atoms with van der Waals surface area (Å²) >= 11 is 0. The fraction of sp³-hybridized carbons (Fsp3) is 0.933. The largest absolute Gasteiger partial charge is 0.448 e. The van der Waals surface area contributed by atoms with Crippen molar-refractivity contribution in [3.05, 3.63) is 0 Å². The van der Waals surface area contributed by atoms with Gasteiger partial charge in [0.1, 0.15) is 6.61 Å². The molecule has 6 fully saturated rings. The number of rotatable bonds is 4. The molecule has 0 aromatic heterocycles. The Morgan fingerprint density at radius 1 is 0.559 bits per heavy atom. The van der Waals surface area contributed by atoms with Crippen LogP contribution in [0.5, 0.6) is 0 Å². The Bertz CT molecular complexity index is 1260. The number of likely N-dealkylation sites (tertiary alicyclic amines) is 2. The number of hydrogen-bond acceptors (Lipinski definition) is 10. The van der Waals surface area contributed by atoms with Gasteiger partial charge in [-0.2, -0.15) is 0 Å². The molecule has 0 aliphatic carbocycles. The lowest BCUT2D eigenvalue weighted by Gasteiger charge is -2.37. The van der Waals surface area contributed by atoms with E-state index in [1.54, 1.807) is 4.90 Å². The summed E-state index contributed by atoms with van der Waals surface area (Å²) in [5.41, 5.74) is 0.0174. The number of hydrogen-bond donors (Lipinski definition) is 0. The predicted molar refractivity (Wildman–Crippen MR) is 240 cm³/mol. The lowest BCUT2D eigenvalue weighted by atomic mass is 9.89. The number of morpholine rings is 1. The van der Waals surface area contributed by atoms with Crippen LogP contribution in [0.15, 0.2) is 0 Å². The number of nitrogens with zero attached hydrogens (tertiary/aromatic N) is 5. The zero-order valence-electron chi connectivity index (χ0n) is 40.1. The third kappa shape index (κ3) is 22.6. The maximum absolute atomic E-state index is 11.2. The van der Waals surface area contributed by atoms with Gasteiger partial charge < -0.3 is 24.0 Å². The molecular formula is C45H89N5O8S. The van der Waals surface area contributed by atoms with Crippen LogP contribution < -0.4 is 0 Å². The van der Waals surface area contributed by atoms with E-state index >= 15 is 0 Å². The van der Waals surface area contributed by atoms with Gasteiger partial charge in [0.05, 0.1) is 31.3 Å². The normalized spacial score (nSPS) is 22.0. The van der Waals surface area contributed by atoms with Crippen molar-refractivity contribution >= 4 is 27.7 Å². The van der Waals surface area contributed by atoms with Gasteiger partial charge in [-0.25, -0.2) is 13.2 Å². The van der Waals surface area contributed by atoms with Gasteiger partial charge >= 0.3 is 6.09 Å². The summed E-state index contributed by atoms with van der Waals surface area (Å²) in [5, 5.41) is 0. The summed E-state index contributed by atoms with van der Waals surface area (Å²) in [6.45, 7) is 40.3. The molecule has 6 rings (SSSR count). The Kier molecular flexibility index (Phi) is 25.3. The summed E-state index contributed by atoms with van der Waals surface area (Å²) in [7, 11) is -2.72. The predicted octanol–water partition coefficient (Wildman–Crippen LogP) is 6.97. The first-order valence-electron chi connectivity index (χ1n) is 22.8. The number of carbonyl (C=O) groups excluding carboxylic acids is 3. The minimum atomic E-state index is -2.72. The smallest absolute Gasteiger partial charge is 0.410 e. The SMILES string of the molecule is CC(C)(C)N1CCOC1=O.CC(C)(C)N1CCS(=O)(=O)CC1.CC(C)C1CCOCC1.CC(C)N1CCCC1=O.CC(C)N1CCCCC1=O.CC(C)N1CCOCC1. The molecule has 3 amide bonds. The summed E-state index contributed by atoms with van der Waals surface area (Å²) in [5.74, 6) is 3.09. The topological polar surface area (TPSA) is 129 Å². The molecule has 6 heterocycles. The Hall–Kier alpha value is -2.00. The first-order chi connectivity index (χ1) is 27.4. The second-order valence-corrected chi connectivity index (χ2v) is 21.9. The first kappa shape index (κ1) is 55.0. The average molecular weight is 860 g/mol. The Labute approximate surface area is 361 Å². The van der Waals surface area contributed by atoms with E-state index in [9.17, 15) is 22.8 Å². The van der Waals surface area contributed by atoms with E-state index in [-0.39, 0.29) is 17.2 Å². The monoisotopic (exact) mass is 860 g/mol. The highest BCUT2D eigenvalue weighted by molar-refractivity contribution is 7.91. The molecule has 348 valence electrons. The Morgan fingerprint density at radius 2 is 1.03 bits per heavy atom. The van der Waals surface area contributed by atoms with Crippen LogP contribution in [0.4, 0.5) is 4.79 Å². The van der Waals surface area contributed by atoms with Crippen LogP contribution in [0, 0.1) is 11.8 Å². The highest BCUT2D eigenvalue weighted by Crippen LogP contribution is 2.22. The van der Waals surface area contributed by atoms with Crippen molar-refractivity contribution in [1.82, 2.24) is 24.5 Å². The first-order valence-corrected chi connectivity index (χ1v) is 24.6. The lowest BCUT2D eigenvalue weighted by Crippen LogP contribution is -2.49. The number of ether oxygens (including phenoxy) is 3. The lowest BCUT2D eigenvalue weighted by molar-refractivity contribution is -0.135. The molecule has 6 aliphatic heterocycles. The van der Waals surface area contributed by atoms with E-state index in [1.165, 1.54) is 19.3 Å². The van der Waals surface area contributed by atoms with E-state index in [0.717, 1.165) is 96.7 Å². The summed E-state index contributed by atoms with van der Waals surface area (Å²) in [6, 6.07) is 1.49. The highest BCUT2D eigenvalue weighted by Gasteiger charge is 2.32. The third-order valence-corrected chi connectivity index (χ3v) is 13.2. The molecule has 6 aliphatic rings. The molecule has 6 saturated heterocycles. The van der Waals surface area contributed by atoms with Crippen LogP contribution in [0.25, 0.3) is 0 Å². The van der Waals surface area contributed by atoms with Crippen molar-refractivity contribution in [2.45, 2.75) is 171 Å². The fourth-order valence-corrected chi connectivity index (χ4v) is 8.65. The molecule has 0 aromatic rings. The average Bonchev–Trinajstić information content (AvgIpc) is 3.81. The van der Waals surface area contributed by atoms with Gasteiger partial charge in [0.25, 0.3) is 0 Å². The zero-order valence-corrected chi connectivity index (χ0v) is 41.0. The van der Waals surface area contributed by atoms with E-state index in [4.69, 9.17) is 14.2 Å². The van der Waals surface area contributed by atoms with E-state index < -0.39 is 9.84 Å². The van der Waals surface area contributed by atoms with E-state index in [0.29, 0.717) is 61.1 Å². The van der Waals surface area contributed by atoms with Gasteiger partial charge in [-0.15, -0.1) is 0 Å². The van der Waals surface area contributed by atoms with Crippen LogP contribution in [0.2, 0.25) is 0 Å². The quantitative estimate of drug-likeness (QED) is 0.292. The molecule has 14 heteroatoms. The molecule has 13 nitrogen and oxygen atoms in total. The third-order valence-electron chi connectivity index (χ3n) is 11.6. The molecule has 0 unspecified atom stereocenters. The Morgan fingerprint density at radius 3 is 1.34 bits per heavy atom. The van der Waals surface area contributed by atoms with E-state index in [1.807, 2.05) is 30.6 Å². The van der Waals surface area contributed by atoms with Gasteiger partial charge in [0.2, 0.25) is 11.8 Å². The van der Waals surface area contributed by atoms with Crippen molar-refractivity contribution < 1.29 is 37.0 Å². The minimum absolute atomic E-state index is 0.0897. The molecule has 0 saturated carbocycles. The summed E-state index contributed by atoms with van der Waals surface area (Å²) in [4.78, 5) is 43.3. The van der Waals surface area contributed by atoms with Crippen LogP contribution in [0.1, 0.15) is 142 Å². The van der Waals surface area contributed by atoms with Gasteiger partial charge in [0.15, 0.2) is 9.84 Å². The number of piperidine rings is 1. The molecule has 0 spiro atoms. The minimum Gasteiger partial charge on any atom is -0.448 e. The molecule has 0 radical (unpaired) electrons. The number of sulfone groups is 1. The molecule has 0 N–H and O–H groups in total. The van der Waals surface area contributed by atoms with Gasteiger partial charge in [0, 0.05) is 94.5 Å². The van der Waals surface area contributed by atoms with Gasteiger partial charge in [-0.1, -0.05) is 13.8 Å². The van der Waals surface area contributed by atoms with Gasteiger partial charge in [-0.3, -0.25) is 24.3 Å². The van der Waals surface area contributed by atoms with Crippen LogP contribution >= 0.6 is 0 Å². The number of amides is 3. The summed E-state index contributed by atoms with van der Waals surface area (Å²) in [6.07, 6.45) is 7.21. The maximum Gasteiger partial charge on any atom is 0.410 e. The second kappa shape index (κ2) is 27.1. The van der Waals surface area contributed by atoms with Gasteiger partial charge in [-0.05, 0) is 127 Å². The number of cyclic esters (lactones) is 1. The molecule has 0 atom stereocenters. The number of carbonyl (C=O) groups is 3. The fourth-order valence-electron chi connectivity index (χ4n) is 7.45. The van der Waals surface area contributed by atoms with Crippen molar-refractivity contribution in [2.24, 2.45) is 11.8 Å². The van der Waals surface area contributed by atoms with Crippen molar-refractivity contribution in [3.63, 3.8) is 0 Å². The standard InChI is InChI=1S/C8H17NO2S.C8H15NO.C8H16O.C7H13NO2.C7H15NO.C7H13NO/c1-8(2,3)9-4-6-12(10,11)7-5-9;1-7(2)9-6-4-3-5-8(9)10;1-7(2)8-3-5-9-6-4-8;1-7(2,3)8-4-5-10-6(8)9;1-7(2)8-3-5-9-6-4-8;1-6(2)8-5-3-4-7(8)9/h4-7H2,1-3H3;7H,3-6H2,1-2H3;7-8H,3-6H2,1-2H3;4-5H2,1-3H3;7H,3-6H2,1-2H3;6H,3-5H2,1-2H3. The second-order valence-electron chi connectivity index (χ2n) is 19.6. The Balaban J connectivity index is 0.000000355. The molecule has 0 bridgehead atoms. The van der Waals surface area contributed by atoms with Crippen molar-refractivity contribution in [3.8, 4) is 0 Å². The molecular weight excluding hydrogens is 771 g/mol. The van der Waals surface area contributed by atoms with E-state index in [2.05, 4.69) is 86.0 Å². The van der Waals surface area contributed by atoms with Crippen LogP contribution in [0.3, 0.4) is 0 Å². The van der Waals surface area contributed by atoms with Crippen LogP contribution in [-0.4, -0.2) is 170 Å². The summed E-state index contributed by atoms with van der Waals surface area (Å²) < 4.78 is 37.4.